The van der Waals surface area contributed by atoms with Crippen molar-refractivity contribution in [2.24, 2.45) is 5.92 Å². The van der Waals surface area contributed by atoms with Crippen molar-refractivity contribution in [2.75, 3.05) is 13.1 Å². The summed E-state index contributed by atoms with van der Waals surface area (Å²) in [4.78, 5) is 29.4. The van der Waals surface area contributed by atoms with Crippen LogP contribution in [0.2, 0.25) is 0 Å². The van der Waals surface area contributed by atoms with Crippen LogP contribution in [-0.4, -0.2) is 54.8 Å². The molecule has 27 heavy (non-hydrogen) atoms. The Morgan fingerprint density at radius 2 is 1.78 bits per heavy atom. The fourth-order valence-electron chi connectivity index (χ4n) is 2.98. The maximum atomic E-state index is 12.8. The lowest BCUT2D eigenvalue weighted by Gasteiger charge is -2.32. The molecule has 2 amide bonds. The highest BCUT2D eigenvalue weighted by Crippen LogP contribution is 2.32. The lowest BCUT2D eigenvalue weighted by atomic mass is 10.0. The lowest BCUT2D eigenvalue weighted by Crippen LogP contribution is -2.47. The third-order valence-electron chi connectivity index (χ3n) is 4.64. The van der Waals surface area contributed by atoms with Gasteiger partial charge in [0.15, 0.2) is 5.03 Å². The molecule has 2 fully saturated rings. The largest absolute Gasteiger partial charge is 0.503 e. The van der Waals surface area contributed by atoms with E-state index in [4.69, 9.17) is 0 Å². The Hall–Kier alpha value is -2.17. The first-order valence-corrected chi connectivity index (χ1v) is 9.95. The smallest absolute Gasteiger partial charge is 0.349 e. The summed E-state index contributed by atoms with van der Waals surface area (Å²) in [5.41, 5.74) is -6.20. The summed E-state index contributed by atoms with van der Waals surface area (Å²) in [5.74, 6) is -0.731. The van der Waals surface area contributed by atoms with Crippen molar-refractivity contribution in [2.45, 2.75) is 42.3 Å². The van der Waals surface area contributed by atoms with Crippen molar-refractivity contribution in [1.29, 1.82) is 0 Å². The number of carbonyl (C=O) groups is 2. The average molecular weight is 405 g/mol. The summed E-state index contributed by atoms with van der Waals surface area (Å²) in [5, 5.41) is 1.25. The van der Waals surface area contributed by atoms with Crippen LogP contribution in [0.15, 0.2) is 23.4 Å². The number of hydrogen-bond donors (Lipinski definition) is 1. The van der Waals surface area contributed by atoms with Gasteiger partial charge in [0.25, 0.3) is 15.7 Å². The zero-order valence-electron chi connectivity index (χ0n) is 14.2. The van der Waals surface area contributed by atoms with E-state index in [2.05, 4.69) is 10.3 Å². The molecule has 1 saturated heterocycles. The SMILES string of the molecule is O=C(NC1CCN(C(=O)C2CC2)CC1)c1cccnc1S(=O)(=O)C(F)(F)F. The van der Waals surface area contributed by atoms with Gasteiger partial charge in [0, 0.05) is 31.2 Å². The van der Waals surface area contributed by atoms with Gasteiger partial charge in [0.2, 0.25) is 5.91 Å². The van der Waals surface area contributed by atoms with Crippen LogP contribution in [0.4, 0.5) is 13.2 Å². The average Bonchev–Trinajstić information content (AvgIpc) is 3.46. The number of hydrogen-bond acceptors (Lipinski definition) is 5. The van der Waals surface area contributed by atoms with E-state index in [9.17, 15) is 31.2 Å². The van der Waals surface area contributed by atoms with Crippen molar-refractivity contribution in [3.8, 4) is 0 Å². The zero-order valence-corrected chi connectivity index (χ0v) is 15.0. The standard InChI is InChI=1S/C16H18F3N3O4S/c17-16(18,19)27(25,26)14-12(2-1-7-20-14)13(23)21-11-5-8-22(9-6-11)15(24)10-3-4-10/h1-2,7,10-11H,3-6,8-9H2,(H,21,23). The number of sulfone groups is 1. The molecule has 0 bridgehead atoms. The highest BCUT2D eigenvalue weighted by molar-refractivity contribution is 7.92. The molecule has 0 spiro atoms. The minimum Gasteiger partial charge on any atom is -0.349 e. The van der Waals surface area contributed by atoms with E-state index in [-0.39, 0.29) is 17.9 Å². The Balaban J connectivity index is 1.68. The first-order chi connectivity index (χ1) is 12.6. The Labute approximate surface area is 153 Å². The first-order valence-electron chi connectivity index (χ1n) is 8.47. The summed E-state index contributed by atoms with van der Waals surface area (Å²) in [6.45, 7) is 0.891. The predicted molar refractivity (Wildman–Crippen MR) is 87.3 cm³/mol. The van der Waals surface area contributed by atoms with Crippen molar-refractivity contribution in [3.63, 3.8) is 0 Å². The highest BCUT2D eigenvalue weighted by atomic mass is 32.2. The van der Waals surface area contributed by atoms with Gasteiger partial charge in [0.1, 0.15) is 0 Å². The van der Waals surface area contributed by atoms with Gasteiger partial charge in [-0.05, 0) is 37.8 Å². The fourth-order valence-corrected chi connectivity index (χ4v) is 3.85. The van der Waals surface area contributed by atoms with Crippen molar-refractivity contribution in [3.05, 3.63) is 23.9 Å². The summed E-state index contributed by atoms with van der Waals surface area (Å²) in [7, 11) is -5.74. The monoisotopic (exact) mass is 405 g/mol. The van der Waals surface area contributed by atoms with Crippen LogP contribution in [-0.2, 0) is 14.6 Å². The van der Waals surface area contributed by atoms with Crippen molar-refractivity contribution in [1.82, 2.24) is 15.2 Å². The summed E-state index contributed by atoms with van der Waals surface area (Å²) < 4.78 is 61.7. The molecule has 0 radical (unpaired) electrons. The second-order valence-corrected chi connectivity index (χ2v) is 8.51. The van der Waals surface area contributed by atoms with Crippen LogP contribution in [0.25, 0.3) is 0 Å². The fraction of sp³-hybridized carbons (Fsp3) is 0.562. The van der Waals surface area contributed by atoms with Crippen LogP contribution in [0.3, 0.4) is 0 Å². The van der Waals surface area contributed by atoms with Gasteiger partial charge >= 0.3 is 5.51 Å². The number of halogens is 3. The van der Waals surface area contributed by atoms with Crippen LogP contribution in [0.5, 0.6) is 0 Å². The normalized spacial score (nSPS) is 19.0. The minimum atomic E-state index is -5.74. The molecule has 148 valence electrons. The second-order valence-electron chi connectivity index (χ2n) is 6.65. The molecule has 1 aliphatic carbocycles. The zero-order chi connectivity index (χ0) is 19.8. The van der Waals surface area contributed by atoms with Gasteiger partial charge in [-0.25, -0.2) is 13.4 Å². The van der Waals surface area contributed by atoms with Gasteiger partial charge in [-0.2, -0.15) is 13.2 Å². The maximum Gasteiger partial charge on any atom is 0.503 e. The molecule has 1 aromatic rings. The third-order valence-corrected chi connectivity index (χ3v) is 6.09. The Bertz CT molecular complexity index is 845. The van der Waals surface area contributed by atoms with E-state index >= 15 is 0 Å². The predicted octanol–water partition coefficient (Wildman–Crippen LogP) is 1.51. The van der Waals surface area contributed by atoms with Crippen LogP contribution in [0.1, 0.15) is 36.0 Å². The number of alkyl halides is 3. The molecular formula is C16H18F3N3O4S. The molecule has 1 N–H and O–H groups in total. The summed E-state index contributed by atoms with van der Waals surface area (Å²) >= 11 is 0. The van der Waals surface area contributed by atoms with Gasteiger partial charge < -0.3 is 10.2 Å². The molecule has 11 heteroatoms. The summed E-state index contributed by atoms with van der Waals surface area (Å²) in [6.07, 6.45) is 3.58. The van der Waals surface area contributed by atoms with E-state index < -0.39 is 31.8 Å². The van der Waals surface area contributed by atoms with Gasteiger partial charge in [-0.15, -0.1) is 0 Å². The Morgan fingerprint density at radius 1 is 1.15 bits per heavy atom. The number of amides is 2. The van der Waals surface area contributed by atoms with E-state index in [0.29, 0.717) is 25.9 Å². The highest BCUT2D eigenvalue weighted by Gasteiger charge is 2.49. The summed E-state index contributed by atoms with van der Waals surface area (Å²) in [6, 6.07) is 1.83. The number of carbonyl (C=O) groups excluding carboxylic acids is 2. The Kier molecular flexibility index (Phi) is 5.15. The van der Waals surface area contributed by atoms with E-state index in [1.165, 1.54) is 6.07 Å². The van der Waals surface area contributed by atoms with E-state index in [0.717, 1.165) is 25.1 Å². The molecular weight excluding hydrogens is 387 g/mol. The van der Waals surface area contributed by atoms with E-state index in [1.54, 1.807) is 4.90 Å². The molecule has 1 aromatic heterocycles. The van der Waals surface area contributed by atoms with E-state index in [1.807, 2.05) is 0 Å². The molecule has 2 aliphatic rings. The lowest BCUT2D eigenvalue weighted by molar-refractivity contribution is -0.133. The molecule has 0 aromatic carbocycles. The van der Waals surface area contributed by atoms with Gasteiger partial charge in [0.05, 0.1) is 5.56 Å². The quantitative estimate of drug-likeness (QED) is 0.819. The first kappa shape index (κ1) is 19.6. The number of piperidine rings is 1. The molecule has 3 rings (SSSR count). The number of aromatic nitrogens is 1. The number of nitrogens with zero attached hydrogens (tertiary/aromatic N) is 2. The number of likely N-dealkylation sites (tertiary alicyclic amines) is 1. The Morgan fingerprint density at radius 3 is 2.33 bits per heavy atom. The molecule has 0 unspecified atom stereocenters. The molecule has 7 nitrogen and oxygen atoms in total. The molecule has 1 aliphatic heterocycles. The molecule has 2 heterocycles. The van der Waals surface area contributed by atoms with Crippen LogP contribution >= 0.6 is 0 Å². The number of nitrogens with one attached hydrogen (secondary N) is 1. The topological polar surface area (TPSA) is 96.4 Å². The number of pyridine rings is 1. The minimum absolute atomic E-state index is 0.0988. The van der Waals surface area contributed by atoms with Crippen LogP contribution < -0.4 is 5.32 Å². The third kappa shape index (κ3) is 4.07. The maximum absolute atomic E-state index is 12.8. The second kappa shape index (κ2) is 7.10. The van der Waals surface area contributed by atoms with Crippen molar-refractivity contribution < 1.29 is 31.2 Å². The molecule has 1 saturated carbocycles. The molecule has 0 atom stereocenters. The van der Waals surface area contributed by atoms with Gasteiger partial charge in [-0.1, -0.05) is 0 Å². The van der Waals surface area contributed by atoms with Crippen LogP contribution in [0, 0.1) is 5.92 Å². The van der Waals surface area contributed by atoms with Crippen molar-refractivity contribution >= 4 is 21.7 Å². The number of rotatable bonds is 4. The van der Waals surface area contributed by atoms with Gasteiger partial charge in [-0.3, -0.25) is 9.59 Å².